The highest BCUT2D eigenvalue weighted by atomic mass is 79.9. The van der Waals surface area contributed by atoms with Crippen LogP contribution in [0.2, 0.25) is 0 Å². The molecule has 1 aromatic rings. The van der Waals surface area contributed by atoms with Crippen molar-refractivity contribution in [3.8, 4) is 0 Å². The fraction of sp³-hybridized carbons (Fsp3) is 0.538. The number of likely N-dealkylation sites (tertiary alicyclic amines) is 1. The first-order valence-corrected chi connectivity index (χ1v) is 8.67. The average molecular weight is 365 g/mol. The van der Waals surface area contributed by atoms with Crippen LogP contribution < -0.4 is 0 Å². The van der Waals surface area contributed by atoms with E-state index in [-0.39, 0.29) is 10.9 Å². The van der Waals surface area contributed by atoms with Crippen LogP contribution in [0, 0.1) is 5.82 Å². The van der Waals surface area contributed by atoms with Gasteiger partial charge in [-0.15, -0.1) is 0 Å². The van der Waals surface area contributed by atoms with Gasteiger partial charge in [0.25, 0.3) is 0 Å². The molecular formula is C13H18BrFN2O2S. The molecule has 0 amide bonds. The minimum atomic E-state index is -3.79. The Kier molecular flexibility index (Phi) is 4.84. The topological polar surface area (TPSA) is 40.6 Å². The van der Waals surface area contributed by atoms with E-state index in [1.54, 1.807) is 0 Å². The fourth-order valence-corrected chi connectivity index (χ4v) is 4.04. The van der Waals surface area contributed by atoms with Gasteiger partial charge < -0.3 is 4.90 Å². The molecule has 1 heterocycles. The molecule has 0 N–H and O–H groups in total. The molecule has 112 valence electrons. The highest BCUT2D eigenvalue weighted by molar-refractivity contribution is 9.10. The Balaban J connectivity index is 2.20. The second-order valence-corrected chi connectivity index (χ2v) is 8.07. The van der Waals surface area contributed by atoms with Crippen LogP contribution in [0.5, 0.6) is 0 Å². The molecule has 0 aromatic heterocycles. The molecule has 1 aromatic carbocycles. The predicted molar refractivity (Wildman–Crippen MR) is 79.6 cm³/mol. The maximum Gasteiger partial charge on any atom is 0.245 e. The largest absolute Gasteiger partial charge is 0.302 e. The fourth-order valence-electron chi connectivity index (χ4n) is 2.46. The van der Waals surface area contributed by atoms with E-state index in [9.17, 15) is 12.8 Å². The van der Waals surface area contributed by atoms with Crippen molar-refractivity contribution in [2.45, 2.75) is 23.8 Å². The van der Waals surface area contributed by atoms with Gasteiger partial charge in [0.1, 0.15) is 10.7 Å². The summed E-state index contributed by atoms with van der Waals surface area (Å²) >= 11 is 3.12. The molecular weight excluding hydrogens is 347 g/mol. The number of sulfonamides is 1. The minimum Gasteiger partial charge on any atom is -0.302 e. The zero-order chi connectivity index (χ0) is 14.9. The molecule has 1 saturated heterocycles. The van der Waals surface area contributed by atoms with Gasteiger partial charge in [-0.3, -0.25) is 0 Å². The number of nitrogens with zero attached hydrogens (tertiary/aromatic N) is 2. The van der Waals surface area contributed by atoms with Crippen LogP contribution >= 0.6 is 15.9 Å². The zero-order valence-electron chi connectivity index (χ0n) is 11.5. The molecule has 1 aliphatic heterocycles. The van der Waals surface area contributed by atoms with Gasteiger partial charge in [-0.2, -0.15) is 4.31 Å². The summed E-state index contributed by atoms with van der Waals surface area (Å²) in [5.74, 6) is -0.731. The number of halogens is 2. The standard InChI is InChI=1S/C13H18BrFN2O2S/c1-16-7-3-4-11(16)9-17(2)20(18,19)13-6-5-10(14)8-12(13)15/h5-6,8,11H,3-4,7,9H2,1-2H3. The Hall–Kier alpha value is -0.500. The van der Waals surface area contributed by atoms with E-state index in [1.807, 2.05) is 7.05 Å². The molecule has 7 heteroatoms. The lowest BCUT2D eigenvalue weighted by Gasteiger charge is -2.25. The quantitative estimate of drug-likeness (QED) is 0.822. The smallest absolute Gasteiger partial charge is 0.245 e. The van der Waals surface area contributed by atoms with Crippen molar-refractivity contribution in [1.82, 2.24) is 9.21 Å². The Morgan fingerprint density at radius 2 is 2.20 bits per heavy atom. The van der Waals surface area contributed by atoms with Crippen molar-refractivity contribution in [2.24, 2.45) is 0 Å². The number of likely N-dealkylation sites (N-methyl/N-ethyl adjacent to an activating group) is 2. The van der Waals surface area contributed by atoms with Crippen LogP contribution in [-0.2, 0) is 10.0 Å². The van der Waals surface area contributed by atoms with Crippen molar-refractivity contribution in [1.29, 1.82) is 0 Å². The van der Waals surface area contributed by atoms with E-state index >= 15 is 0 Å². The zero-order valence-corrected chi connectivity index (χ0v) is 13.9. The molecule has 20 heavy (non-hydrogen) atoms. The summed E-state index contributed by atoms with van der Waals surface area (Å²) in [7, 11) is -0.299. The van der Waals surface area contributed by atoms with Gasteiger partial charge in [-0.25, -0.2) is 12.8 Å². The lowest BCUT2D eigenvalue weighted by molar-refractivity contribution is 0.270. The number of hydrogen-bond donors (Lipinski definition) is 0. The summed E-state index contributed by atoms with van der Waals surface area (Å²) in [5, 5.41) is 0. The Labute approximate surface area is 127 Å². The van der Waals surface area contributed by atoms with Gasteiger partial charge in [-0.1, -0.05) is 15.9 Å². The van der Waals surface area contributed by atoms with Crippen molar-refractivity contribution in [3.63, 3.8) is 0 Å². The van der Waals surface area contributed by atoms with E-state index in [4.69, 9.17) is 0 Å². The molecule has 2 rings (SSSR count). The van der Waals surface area contributed by atoms with Crippen molar-refractivity contribution in [2.75, 3.05) is 27.2 Å². The van der Waals surface area contributed by atoms with Crippen LogP contribution in [-0.4, -0.2) is 50.8 Å². The number of hydrogen-bond acceptors (Lipinski definition) is 3. The van der Waals surface area contributed by atoms with Gasteiger partial charge in [0.05, 0.1) is 0 Å². The van der Waals surface area contributed by atoms with E-state index < -0.39 is 15.8 Å². The van der Waals surface area contributed by atoms with Crippen LogP contribution in [0.15, 0.2) is 27.6 Å². The maximum atomic E-state index is 13.9. The van der Waals surface area contributed by atoms with Gasteiger partial charge in [0.2, 0.25) is 10.0 Å². The Morgan fingerprint density at radius 1 is 1.50 bits per heavy atom. The summed E-state index contributed by atoms with van der Waals surface area (Å²) in [5.41, 5.74) is 0. The molecule has 1 atom stereocenters. The third-order valence-corrected chi connectivity index (χ3v) is 6.07. The molecule has 0 spiro atoms. The van der Waals surface area contributed by atoms with Gasteiger partial charge in [-0.05, 0) is 44.6 Å². The minimum absolute atomic E-state index is 0.202. The first-order valence-electron chi connectivity index (χ1n) is 6.44. The van der Waals surface area contributed by atoms with Crippen molar-refractivity contribution < 1.29 is 12.8 Å². The van der Waals surface area contributed by atoms with Gasteiger partial charge in [0.15, 0.2) is 0 Å². The van der Waals surface area contributed by atoms with Gasteiger partial charge in [0, 0.05) is 24.1 Å². The normalized spacial score (nSPS) is 20.8. The molecule has 1 aliphatic rings. The number of benzene rings is 1. The summed E-state index contributed by atoms with van der Waals surface area (Å²) in [6, 6.07) is 4.20. The molecule has 1 fully saturated rings. The lowest BCUT2D eigenvalue weighted by Crippen LogP contribution is -2.39. The molecule has 1 unspecified atom stereocenters. The lowest BCUT2D eigenvalue weighted by atomic mass is 10.2. The first kappa shape index (κ1) is 15.9. The second kappa shape index (κ2) is 6.09. The van der Waals surface area contributed by atoms with E-state index in [1.165, 1.54) is 29.6 Å². The molecule has 0 saturated carbocycles. The molecule has 0 aliphatic carbocycles. The highest BCUT2D eigenvalue weighted by Crippen LogP contribution is 2.24. The number of rotatable bonds is 4. The van der Waals surface area contributed by atoms with Crippen LogP contribution in [0.1, 0.15) is 12.8 Å². The Morgan fingerprint density at radius 3 is 2.75 bits per heavy atom. The maximum absolute atomic E-state index is 13.9. The van der Waals surface area contributed by atoms with Crippen molar-refractivity contribution >= 4 is 26.0 Å². The second-order valence-electron chi connectivity index (χ2n) is 5.14. The summed E-state index contributed by atoms with van der Waals surface area (Å²) in [6.07, 6.45) is 2.04. The van der Waals surface area contributed by atoms with E-state index in [0.29, 0.717) is 11.0 Å². The summed E-state index contributed by atoms with van der Waals surface area (Å²) in [4.78, 5) is 1.87. The third kappa shape index (κ3) is 3.21. The van der Waals surface area contributed by atoms with Crippen LogP contribution in [0.3, 0.4) is 0 Å². The SMILES string of the molecule is CN1CCCC1CN(C)S(=O)(=O)c1ccc(Br)cc1F. The first-order chi connectivity index (χ1) is 9.32. The van der Waals surface area contributed by atoms with E-state index in [0.717, 1.165) is 19.4 Å². The van der Waals surface area contributed by atoms with Crippen LogP contribution in [0.4, 0.5) is 4.39 Å². The Bertz CT molecular complexity index is 594. The summed E-state index contributed by atoms with van der Waals surface area (Å²) < 4.78 is 40.4. The molecule has 4 nitrogen and oxygen atoms in total. The summed E-state index contributed by atoms with van der Waals surface area (Å²) in [6.45, 7) is 1.36. The average Bonchev–Trinajstić information content (AvgIpc) is 2.74. The van der Waals surface area contributed by atoms with Crippen LogP contribution in [0.25, 0.3) is 0 Å². The van der Waals surface area contributed by atoms with Crippen molar-refractivity contribution in [3.05, 3.63) is 28.5 Å². The predicted octanol–water partition coefficient (Wildman–Crippen LogP) is 2.30. The molecule has 0 radical (unpaired) electrons. The van der Waals surface area contributed by atoms with E-state index in [2.05, 4.69) is 20.8 Å². The monoisotopic (exact) mass is 364 g/mol. The third-order valence-electron chi connectivity index (χ3n) is 3.72. The molecule has 0 bridgehead atoms. The highest BCUT2D eigenvalue weighted by Gasteiger charge is 2.29. The van der Waals surface area contributed by atoms with Gasteiger partial charge >= 0.3 is 0 Å².